The minimum Gasteiger partial charge on any atom is -0.326 e. The Bertz CT molecular complexity index is 447. The minimum absolute atomic E-state index is 0.0945. The first-order valence-electron chi connectivity index (χ1n) is 6.58. The number of carbonyl (C=O) groups excluding carboxylic acids is 1. The van der Waals surface area contributed by atoms with Gasteiger partial charge in [-0.1, -0.05) is 22.9 Å². The molecule has 0 radical (unpaired) electrons. The smallest absolute Gasteiger partial charge is 0.225 e. The van der Waals surface area contributed by atoms with Gasteiger partial charge in [0.05, 0.1) is 0 Å². The summed E-state index contributed by atoms with van der Waals surface area (Å²) in [5.41, 5.74) is 2.09. The van der Waals surface area contributed by atoms with Crippen molar-refractivity contribution in [1.29, 1.82) is 0 Å². The van der Waals surface area contributed by atoms with Crippen molar-refractivity contribution in [2.75, 3.05) is 23.4 Å². The van der Waals surface area contributed by atoms with Crippen molar-refractivity contribution in [3.63, 3.8) is 0 Å². The van der Waals surface area contributed by atoms with Crippen LogP contribution in [-0.2, 0) is 11.2 Å². The highest BCUT2D eigenvalue weighted by atomic mass is 79.9. The molecule has 1 aliphatic rings. The Labute approximate surface area is 127 Å². The Morgan fingerprint density at radius 2 is 2.42 bits per heavy atom. The third kappa shape index (κ3) is 4.51. The lowest BCUT2D eigenvalue weighted by molar-refractivity contribution is -0.116. The standard InChI is InChI=1S/C14H19BrN2OS/c1-2-10-7-11(15)3-4-13(10)17-14(18)8-12-9-19-6-5-16-12/h3-4,7,12,16H,2,5-6,8-9H2,1H3,(H,17,18). The Morgan fingerprint density at radius 3 is 3.11 bits per heavy atom. The van der Waals surface area contributed by atoms with Gasteiger partial charge in [-0.05, 0) is 30.2 Å². The van der Waals surface area contributed by atoms with Crippen molar-refractivity contribution >= 4 is 39.3 Å². The fourth-order valence-corrected chi connectivity index (χ4v) is 3.51. The number of hydrogen-bond acceptors (Lipinski definition) is 3. The van der Waals surface area contributed by atoms with Gasteiger partial charge in [0.25, 0.3) is 0 Å². The summed E-state index contributed by atoms with van der Waals surface area (Å²) in [4.78, 5) is 12.1. The Kier molecular flexibility index (Phi) is 5.73. The van der Waals surface area contributed by atoms with Gasteiger partial charge in [-0.15, -0.1) is 0 Å². The van der Waals surface area contributed by atoms with Crippen LogP contribution in [0.2, 0.25) is 0 Å². The van der Waals surface area contributed by atoms with Gasteiger partial charge in [0.2, 0.25) is 5.91 Å². The lowest BCUT2D eigenvalue weighted by Gasteiger charge is -2.22. The number of anilines is 1. The highest BCUT2D eigenvalue weighted by molar-refractivity contribution is 9.10. The summed E-state index contributed by atoms with van der Waals surface area (Å²) in [5, 5.41) is 6.41. The second kappa shape index (κ2) is 7.31. The van der Waals surface area contributed by atoms with Crippen LogP contribution in [-0.4, -0.2) is 30.0 Å². The molecule has 0 spiro atoms. The molecule has 0 aromatic heterocycles. The predicted molar refractivity (Wildman–Crippen MR) is 85.9 cm³/mol. The van der Waals surface area contributed by atoms with Gasteiger partial charge in [-0.25, -0.2) is 0 Å². The van der Waals surface area contributed by atoms with Crippen LogP contribution in [0.25, 0.3) is 0 Å². The van der Waals surface area contributed by atoms with E-state index in [1.54, 1.807) is 0 Å². The van der Waals surface area contributed by atoms with Crippen molar-refractivity contribution in [2.45, 2.75) is 25.8 Å². The van der Waals surface area contributed by atoms with Crippen molar-refractivity contribution in [3.8, 4) is 0 Å². The van der Waals surface area contributed by atoms with Gasteiger partial charge in [0, 0.05) is 40.7 Å². The van der Waals surface area contributed by atoms with Crippen molar-refractivity contribution in [2.24, 2.45) is 0 Å². The number of hydrogen-bond donors (Lipinski definition) is 2. The van der Waals surface area contributed by atoms with Crippen LogP contribution in [0.3, 0.4) is 0 Å². The predicted octanol–water partition coefficient (Wildman–Crippen LogP) is 3.05. The van der Waals surface area contributed by atoms with E-state index in [0.29, 0.717) is 12.5 Å². The van der Waals surface area contributed by atoms with Gasteiger partial charge < -0.3 is 10.6 Å². The van der Waals surface area contributed by atoms with Crippen LogP contribution >= 0.6 is 27.7 Å². The maximum atomic E-state index is 12.1. The molecule has 1 aromatic carbocycles. The van der Waals surface area contributed by atoms with E-state index in [-0.39, 0.29) is 5.91 Å². The molecule has 3 nitrogen and oxygen atoms in total. The van der Waals surface area contributed by atoms with Gasteiger partial charge in [-0.2, -0.15) is 11.8 Å². The second-order valence-electron chi connectivity index (χ2n) is 4.63. The van der Waals surface area contributed by atoms with E-state index in [0.717, 1.165) is 40.2 Å². The number of rotatable bonds is 4. The number of aryl methyl sites for hydroxylation is 1. The molecule has 104 valence electrons. The molecule has 0 bridgehead atoms. The molecule has 1 heterocycles. The molecular weight excluding hydrogens is 324 g/mol. The van der Waals surface area contributed by atoms with E-state index < -0.39 is 0 Å². The maximum Gasteiger partial charge on any atom is 0.225 e. The number of benzene rings is 1. The monoisotopic (exact) mass is 342 g/mol. The Morgan fingerprint density at radius 1 is 1.58 bits per heavy atom. The van der Waals surface area contributed by atoms with E-state index in [1.165, 1.54) is 0 Å². The van der Waals surface area contributed by atoms with Crippen LogP contribution in [0.15, 0.2) is 22.7 Å². The average molecular weight is 343 g/mol. The lowest BCUT2D eigenvalue weighted by Crippen LogP contribution is -2.39. The van der Waals surface area contributed by atoms with Crippen molar-refractivity contribution in [3.05, 3.63) is 28.2 Å². The Balaban J connectivity index is 1.94. The minimum atomic E-state index is 0.0945. The van der Waals surface area contributed by atoms with Crippen LogP contribution < -0.4 is 10.6 Å². The summed E-state index contributed by atoms with van der Waals surface area (Å²) in [5.74, 6) is 2.26. The molecular formula is C14H19BrN2OS. The van der Waals surface area contributed by atoms with E-state index in [2.05, 4.69) is 39.6 Å². The SMILES string of the molecule is CCc1cc(Br)ccc1NC(=O)CC1CSCCN1. The fourth-order valence-electron chi connectivity index (χ4n) is 2.15. The number of amides is 1. The third-order valence-corrected chi connectivity index (χ3v) is 4.78. The largest absolute Gasteiger partial charge is 0.326 e. The zero-order valence-corrected chi connectivity index (χ0v) is 13.4. The fraction of sp³-hybridized carbons (Fsp3) is 0.500. The molecule has 1 saturated heterocycles. The zero-order chi connectivity index (χ0) is 13.7. The molecule has 0 saturated carbocycles. The van der Waals surface area contributed by atoms with E-state index >= 15 is 0 Å². The van der Waals surface area contributed by atoms with Crippen LogP contribution in [0.4, 0.5) is 5.69 Å². The summed E-state index contributed by atoms with van der Waals surface area (Å²) in [6.07, 6.45) is 1.46. The molecule has 2 rings (SSSR count). The highest BCUT2D eigenvalue weighted by Crippen LogP contribution is 2.22. The molecule has 5 heteroatoms. The summed E-state index contributed by atoms with van der Waals surface area (Å²) in [6.45, 7) is 3.10. The van der Waals surface area contributed by atoms with Crippen LogP contribution in [0.1, 0.15) is 18.9 Å². The van der Waals surface area contributed by atoms with Gasteiger partial charge in [-0.3, -0.25) is 4.79 Å². The van der Waals surface area contributed by atoms with Crippen molar-refractivity contribution < 1.29 is 4.79 Å². The molecule has 2 N–H and O–H groups in total. The number of thioether (sulfide) groups is 1. The number of halogens is 1. The summed E-state index contributed by atoms with van der Waals surface area (Å²) in [6, 6.07) is 6.29. The summed E-state index contributed by atoms with van der Waals surface area (Å²) in [7, 11) is 0. The summed E-state index contributed by atoms with van der Waals surface area (Å²) >= 11 is 5.37. The molecule has 1 aliphatic heterocycles. The highest BCUT2D eigenvalue weighted by Gasteiger charge is 2.17. The first-order valence-corrected chi connectivity index (χ1v) is 8.53. The lowest BCUT2D eigenvalue weighted by atomic mass is 10.1. The van der Waals surface area contributed by atoms with Gasteiger partial charge in [0.1, 0.15) is 0 Å². The normalized spacial score (nSPS) is 19.2. The van der Waals surface area contributed by atoms with Gasteiger partial charge >= 0.3 is 0 Å². The van der Waals surface area contributed by atoms with E-state index in [1.807, 2.05) is 23.9 Å². The van der Waals surface area contributed by atoms with E-state index in [4.69, 9.17) is 0 Å². The first-order chi connectivity index (χ1) is 9.19. The van der Waals surface area contributed by atoms with Crippen LogP contribution in [0.5, 0.6) is 0 Å². The maximum absolute atomic E-state index is 12.1. The molecule has 1 atom stereocenters. The van der Waals surface area contributed by atoms with Crippen LogP contribution in [0, 0.1) is 0 Å². The zero-order valence-electron chi connectivity index (χ0n) is 11.0. The summed E-state index contributed by atoms with van der Waals surface area (Å²) < 4.78 is 1.05. The first kappa shape index (κ1) is 14.9. The molecule has 1 amide bonds. The Hall–Kier alpha value is -0.520. The molecule has 1 unspecified atom stereocenters. The molecule has 1 fully saturated rings. The molecule has 0 aliphatic carbocycles. The van der Waals surface area contributed by atoms with Crippen molar-refractivity contribution in [1.82, 2.24) is 5.32 Å². The number of nitrogens with one attached hydrogen (secondary N) is 2. The quantitative estimate of drug-likeness (QED) is 0.883. The van der Waals surface area contributed by atoms with Gasteiger partial charge in [0.15, 0.2) is 0 Å². The molecule has 1 aromatic rings. The average Bonchev–Trinajstić information content (AvgIpc) is 2.42. The number of carbonyl (C=O) groups is 1. The third-order valence-electron chi connectivity index (χ3n) is 3.15. The second-order valence-corrected chi connectivity index (χ2v) is 6.70. The topological polar surface area (TPSA) is 41.1 Å². The van der Waals surface area contributed by atoms with E-state index in [9.17, 15) is 4.79 Å². The molecule has 19 heavy (non-hydrogen) atoms.